The predicted molar refractivity (Wildman–Crippen MR) is 61.0 cm³/mol. The Morgan fingerprint density at radius 3 is 2.50 bits per heavy atom. The Balaban J connectivity index is 2.27. The van der Waals surface area contributed by atoms with Gasteiger partial charge in [0.2, 0.25) is 0 Å². The highest BCUT2D eigenvalue weighted by molar-refractivity contribution is 7.11. The van der Waals surface area contributed by atoms with Crippen LogP contribution in [0.4, 0.5) is 0 Å². The van der Waals surface area contributed by atoms with Crippen molar-refractivity contribution in [3.8, 4) is 0 Å². The molecule has 1 aromatic heterocycles. The summed E-state index contributed by atoms with van der Waals surface area (Å²) in [6.07, 6.45) is 3.97. The van der Waals surface area contributed by atoms with E-state index in [9.17, 15) is 0 Å². The largest absolute Gasteiger partial charge is 0.319 e. The monoisotopic (exact) mass is 210 g/mol. The molecule has 0 saturated heterocycles. The summed E-state index contributed by atoms with van der Waals surface area (Å²) in [7, 11) is 2.04. The number of nitrogens with zero attached hydrogens (tertiary/aromatic N) is 1. The first-order valence-electron chi connectivity index (χ1n) is 5.27. The van der Waals surface area contributed by atoms with Gasteiger partial charge >= 0.3 is 0 Å². The van der Waals surface area contributed by atoms with E-state index < -0.39 is 0 Å². The Morgan fingerprint density at radius 1 is 1.43 bits per heavy atom. The lowest BCUT2D eigenvalue weighted by Gasteiger charge is -2.40. The van der Waals surface area contributed by atoms with Gasteiger partial charge in [0.05, 0.1) is 5.69 Å². The van der Waals surface area contributed by atoms with Crippen LogP contribution in [0.5, 0.6) is 0 Å². The third kappa shape index (κ3) is 1.48. The second-order valence-electron chi connectivity index (χ2n) is 4.32. The zero-order valence-electron chi connectivity index (χ0n) is 9.18. The SMILES string of the molecule is CNCC1(c2nc(C)c(C)s2)CCC1. The molecule has 14 heavy (non-hydrogen) atoms. The molecule has 0 radical (unpaired) electrons. The molecule has 1 fully saturated rings. The van der Waals surface area contributed by atoms with Crippen LogP contribution >= 0.6 is 11.3 Å². The van der Waals surface area contributed by atoms with E-state index in [0.29, 0.717) is 5.41 Å². The maximum Gasteiger partial charge on any atom is 0.100 e. The Bertz CT molecular complexity index is 307. The van der Waals surface area contributed by atoms with Crippen LogP contribution in [0.3, 0.4) is 0 Å². The molecule has 1 aliphatic rings. The smallest absolute Gasteiger partial charge is 0.100 e. The van der Waals surface area contributed by atoms with Crippen LogP contribution in [-0.2, 0) is 5.41 Å². The number of aromatic nitrogens is 1. The number of rotatable bonds is 3. The van der Waals surface area contributed by atoms with Crippen molar-refractivity contribution >= 4 is 11.3 Å². The van der Waals surface area contributed by atoms with Gasteiger partial charge in [-0.3, -0.25) is 0 Å². The van der Waals surface area contributed by atoms with E-state index in [0.717, 1.165) is 6.54 Å². The summed E-state index contributed by atoms with van der Waals surface area (Å²) < 4.78 is 0. The molecular weight excluding hydrogens is 192 g/mol. The topological polar surface area (TPSA) is 24.9 Å². The van der Waals surface area contributed by atoms with Crippen LogP contribution in [0, 0.1) is 13.8 Å². The third-order valence-corrected chi connectivity index (χ3v) is 4.63. The zero-order valence-corrected chi connectivity index (χ0v) is 10.0. The summed E-state index contributed by atoms with van der Waals surface area (Å²) in [5, 5.41) is 4.66. The van der Waals surface area contributed by atoms with Gasteiger partial charge in [-0.25, -0.2) is 4.98 Å². The molecular formula is C11H18N2S. The highest BCUT2D eigenvalue weighted by Gasteiger charge is 2.40. The van der Waals surface area contributed by atoms with Crippen molar-refractivity contribution in [3.05, 3.63) is 15.6 Å². The van der Waals surface area contributed by atoms with Crippen LogP contribution in [0.2, 0.25) is 0 Å². The lowest BCUT2D eigenvalue weighted by Crippen LogP contribution is -2.42. The van der Waals surface area contributed by atoms with E-state index in [-0.39, 0.29) is 0 Å². The maximum atomic E-state index is 4.70. The highest BCUT2D eigenvalue weighted by Crippen LogP contribution is 2.45. The molecule has 1 aromatic rings. The van der Waals surface area contributed by atoms with Gasteiger partial charge in [-0.05, 0) is 33.7 Å². The summed E-state index contributed by atoms with van der Waals surface area (Å²) >= 11 is 1.89. The summed E-state index contributed by atoms with van der Waals surface area (Å²) in [4.78, 5) is 6.08. The predicted octanol–water partition coefficient (Wildman–Crippen LogP) is 2.40. The van der Waals surface area contributed by atoms with Gasteiger partial charge in [0.25, 0.3) is 0 Å². The van der Waals surface area contributed by atoms with E-state index >= 15 is 0 Å². The van der Waals surface area contributed by atoms with Gasteiger partial charge in [0, 0.05) is 16.8 Å². The van der Waals surface area contributed by atoms with E-state index in [1.807, 2.05) is 18.4 Å². The van der Waals surface area contributed by atoms with E-state index in [1.54, 1.807) is 0 Å². The maximum absolute atomic E-state index is 4.70. The van der Waals surface area contributed by atoms with Crippen LogP contribution in [-0.4, -0.2) is 18.6 Å². The summed E-state index contributed by atoms with van der Waals surface area (Å²) in [6, 6.07) is 0. The van der Waals surface area contributed by atoms with Gasteiger partial charge in [-0.15, -0.1) is 11.3 Å². The lowest BCUT2D eigenvalue weighted by atomic mass is 9.69. The molecule has 1 N–H and O–H groups in total. The number of likely N-dealkylation sites (N-methyl/N-ethyl adjacent to an activating group) is 1. The molecule has 1 heterocycles. The summed E-state index contributed by atoms with van der Waals surface area (Å²) in [5.41, 5.74) is 1.59. The number of nitrogens with one attached hydrogen (secondary N) is 1. The average Bonchev–Trinajstić information content (AvgIpc) is 2.40. The summed E-state index contributed by atoms with van der Waals surface area (Å²) in [6.45, 7) is 5.36. The summed E-state index contributed by atoms with van der Waals surface area (Å²) in [5.74, 6) is 0. The number of thiazole rings is 1. The molecule has 0 atom stereocenters. The van der Waals surface area contributed by atoms with Crippen LogP contribution < -0.4 is 5.32 Å². The minimum atomic E-state index is 0.373. The first-order chi connectivity index (χ1) is 6.68. The van der Waals surface area contributed by atoms with Gasteiger partial charge in [-0.1, -0.05) is 6.42 Å². The van der Waals surface area contributed by atoms with Gasteiger partial charge in [0.1, 0.15) is 5.01 Å². The molecule has 0 aliphatic heterocycles. The van der Waals surface area contributed by atoms with Crippen LogP contribution in [0.15, 0.2) is 0 Å². The second kappa shape index (κ2) is 3.63. The fraction of sp³-hybridized carbons (Fsp3) is 0.727. The molecule has 3 heteroatoms. The third-order valence-electron chi connectivity index (χ3n) is 3.31. The Kier molecular flexibility index (Phi) is 2.62. The first-order valence-corrected chi connectivity index (χ1v) is 6.09. The van der Waals surface area contributed by atoms with E-state index in [2.05, 4.69) is 19.2 Å². The fourth-order valence-electron chi connectivity index (χ4n) is 2.11. The number of hydrogen-bond acceptors (Lipinski definition) is 3. The van der Waals surface area contributed by atoms with Crippen molar-refractivity contribution in [1.29, 1.82) is 0 Å². The van der Waals surface area contributed by atoms with Crippen molar-refractivity contribution in [2.75, 3.05) is 13.6 Å². The van der Waals surface area contributed by atoms with Crippen molar-refractivity contribution in [1.82, 2.24) is 10.3 Å². The van der Waals surface area contributed by atoms with Crippen molar-refractivity contribution < 1.29 is 0 Å². The van der Waals surface area contributed by atoms with Gasteiger partial charge in [0.15, 0.2) is 0 Å². The number of hydrogen-bond donors (Lipinski definition) is 1. The van der Waals surface area contributed by atoms with Crippen molar-refractivity contribution in [2.24, 2.45) is 0 Å². The van der Waals surface area contributed by atoms with Crippen LogP contribution in [0.1, 0.15) is 34.8 Å². The first kappa shape index (κ1) is 10.1. The van der Waals surface area contributed by atoms with E-state index in [1.165, 1.54) is 34.8 Å². The Labute approximate surface area is 89.8 Å². The van der Waals surface area contributed by atoms with Crippen molar-refractivity contribution in [2.45, 2.75) is 38.5 Å². The Morgan fingerprint density at radius 2 is 2.14 bits per heavy atom. The Hall–Kier alpha value is -0.410. The second-order valence-corrected chi connectivity index (χ2v) is 5.53. The minimum Gasteiger partial charge on any atom is -0.319 e. The van der Waals surface area contributed by atoms with E-state index in [4.69, 9.17) is 4.98 Å². The standard InChI is InChI=1S/C11H18N2S/c1-8-9(2)14-10(13-8)11(7-12-3)5-4-6-11/h12H,4-7H2,1-3H3. The quantitative estimate of drug-likeness (QED) is 0.828. The minimum absolute atomic E-state index is 0.373. The molecule has 0 bridgehead atoms. The average molecular weight is 210 g/mol. The lowest BCUT2D eigenvalue weighted by molar-refractivity contribution is 0.238. The molecule has 78 valence electrons. The molecule has 0 amide bonds. The molecule has 2 rings (SSSR count). The fourth-order valence-corrected chi connectivity index (χ4v) is 3.27. The van der Waals surface area contributed by atoms with Crippen molar-refractivity contribution in [3.63, 3.8) is 0 Å². The molecule has 2 nitrogen and oxygen atoms in total. The normalized spacial score (nSPS) is 19.4. The molecule has 0 spiro atoms. The van der Waals surface area contributed by atoms with Gasteiger partial charge < -0.3 is 5.32 Å². The molecule has 1 saturated carbocycles. The number of aryl methyl sites for hydroxylation is 2. The van der Waals surface area contributed by atoms with Crippen LogP contribution in [0.25, 0.3) is 0 Å². The molecule has 1 aliphatic carbocycles. The molecule has 0 aromatic carbocycles. The zero-order chi connectivity index (χ0) is 10.2. The van der Waals surface area contributed by atoms with Gasteiger partial charge in [-0.2, -0.15) is 0 Å². The molecule has 0 unspecified atom stereocenters. The highest BCUT2D eigenvalue weighted by atomic mass is 32.1.